The molecule has 0 aliphatic heterocycles. The highest BCUT2D eigenvalue weighted by atomic mass is 35.5. The summed E-state index contributed by atoms with van der Waals surface area (Å²) < 4.78 is 6.34. The van der Waals surface area contributed by atoms with E-state index >= 15 is 0 Å². The molecule has 1 aromatic carbocycles. The fraction of sp³-hybridized carbons (Fsp3) is 0.273. The summed E-state index contributed by atoms with van der Waals surface area (Å²) in [6.45, 7) is 1.97. The van der Waals surface area contributed by atoms with E-state index in [0.29, 0.717) is 10.8 Å². The van der Waals surface area contributed by atoms with Gasteiger partial charge in [0.1, 0.15) is 5.75 Å². The molecule has 2 rings (SSSR count). The lowest BCUT2D eigenvalue weighted by molar-refractivity contribution is 0.415. The highest BCUT2D eigenvalue weighted by Gasteiger charge is 2.11. The normalized spacial score (nSPS) is 13.1. The molecule has 0 saturated carbocycles. The summed E-state index contributed by atoms with van der Waals surface area (Å²) in [6.07, 6.45) is 0. The summed E-state index contributed by atoms with van der Waals surface area (Å²) in [5.74, 6) is 0.699. The molecule has 1 aromatic heterocycles. The Kier molecular flexibility index (Phi) is 2.87. The van der Waals surface area contributed by atoms with Gasteiger partial charge >= 0.3 is 0 Å². The van der Waals surface area contributed by atoms with E-state index in [2.05, 4.69) is 5.38 Å². The second kappa shape index (κ2) is 4.00. The van der Waals surface area contributed by atoms with Crippen LogP contribution in [-0.2, 0) is 0 Å². The molecule has 0 spiro atoms. The van der Waals surface area contributed by atoms with Gasteiger partial charge in [0.25, 0.3) is 0 Å². The van der Waals surface area contributed by atoms with Crippen LogP contribution in [0.1, 0.15) is 18.5 Å². The Balaban J connectivity index is 2.69. The van der Waals surface area contributed by atoms with Gasteiger partial charge in [-0.2, -0.15) is 0 Å². The molecule has 0 amide bonds. The molecule has 15 heavy (non-hydrogen) atoms. The van der Waals surface area contributed by atoms with Crippen molar-refractivity contribution in [2.45, 2.75) is 13.0 Å². The van der Waals surface area contributed by atoms with Crippen LogP contribution >= 0.6 is 22.9 Å². The van der Waals surface area contributed by atoms with E-state index in [1.807, 2.05) is 19.1 Å². The van der Waals surface area contributed by atoms with Crippen molar-refractivity contribution in [3.05, 3.63) is 28.1 Å². The topological polar surface area (TPSA) is 35.2 Å². The molecular formula is C11H12ClNOS. The monoisotopic (exact) mass is 241 g/mol. The Bertz CT molecular complexity index is 493. The SMILES string of the molecule is COc1cc2c(C(C)N)csc2cc1Cl. The van der Waals surface area contributed by atoms with E-state index in [9.17, 15) is 0 Å². The van der Waals surface area contributed by atoms with E-state index in [1.54, 1.807) is 18.4 Å². The molecule has 0 radical (unpaired) electrons. The van der Waals surface area contributed by atoms with E-state index in [-0.39, 0.29) is 6.04 Å². The van der Waals surface area contributed by atoms with Crippen LogP contribution in [0.15, 0.2) is 17.5 Å². The van der Waals surface area contributed by atoms with Gasteiger partial charge in [-0.25, -0.2) is 0 Å². The minimum Gasteiger partial charge on any atom is -0.495 e. The highest BCUT2D eigenvalue weighted by Crippen LogP contribution is 2.36. The van der Waals surface area contributed by atoms with Crippen molar-refractivity contribution in [2.24, 2.45) is 5.73 Å². The summed E-state index contributed by atoms with van der Waals surface area (Å²) in [5, 5.41) is 3.85. The van der Waals surface area contributed by atoms with Crippen molar-refractivity contribution >= 4 is 33.0 Å². The standard InChI is InChI=1S/C11H12ClNOS/c1-6(13)8-5-15-11-4-9(12)10(14-2)3-7(8)11/h3-6H,13H2,1-2H3. The van der Waals surface area contributed by atoms with Crippen LogP contribution in [0.25, 0.3) is 10.1 Å². The average molecular weight is 242 g/mol. The molecule has 0 bridgehead atoms. The maximum Gasteiger partial charge on any atom is 0.138 e. The third kappa shape index (κ3) is 1.83. The maximum absolute atomic E-state index is 6.04. The second-order valence-corrected chi connectivity index (χ2v) is 4.78. The summed E-state index contributed by atoms with van der Waals surface area (Å²) >= 11 is 7.70. The quantitative estimate of drug-likeness (QED) is 0.872. The predicted octanol–water partition coefficient (Wildman–Crippen LogP) is 3.58. The van der Waals surface area contributed by atoms with Crippen LogP contribution < -0.4 is 10.5 Å². The lowest BCUT2D eigenvalue weighted by Crippen LogP contribution is -2.03. The zero-order valence-electron chi connectivity index (χ0n) is 8.58. The molecular weight excluding hydrogens is 230 g/mol. The molecule has 80 valence electrons. The van der Waals surface area contributed by atoms with E-state index in [0.717, 1.165) is 15.6 Å². The smallest absolute Gasteiger partial charge is 0.138 e. The molecule has 0 aliphatic carbocycles. The first-order valence-electron chi connectivity index (χ1n) is 4.63. The number of fused-ring (bicyclic) bond motifs is 1. The first-order valence-corrected chi connectivity index (χ1v) is 5.89. The molecule has 1 unspecified atom stereocenters. The minimum absolute atomic E-state index is 0.0321. The molecule has 2 aromatic rings. The number of ether oxygens (including phenoxy) is 1. The fourth-order valence-corrected chi connectivity index (χ4v) is 2.95. The van der Waals surface area contributed by atoms with Gasteiger partial charge in [0.05, 0.1) is 12.1 Å². The maximum atomic E-state index is 6.04. The number of hydrogen-bond acceptors (Lipinski definition) is 3. The average Bonchev–Trinajstić information content (AvgIpc) is 2.59. The number of nitrogens with two attached hydrogens (primary N) is 1. The molecule has 1 atom stereocenters. The summed E-state index contributed by atoms with van der Waals surface area (Å²) in [7, 11) is 1.62. The van der Waals surface area contributed by atoms with Crippen LogP contribution in [0.3, 0.4) is 0 Å². The van der Waals surface area contributed by atoms with Crippen LogP contribution in [-0.4, -0.2) is 7.11 Å². The van der Waals surface area contributed by atoms with E-state index < -0.39 is 0 Å². The van der Waals surface area contributed by atoms with E-state index in [1.165, 1.54) is 0 Å². The van der Waals surface area contributed by atoms with Gasteiger partial charge in [-0.15, -0.1) is 11.3 Å². The number of halogens is 1. The number of methoxy groups -OCH3 is 1. The molecule has 1 heterocycles. The van der Waals surface area contributed by atoms with Gasteiger partial charge < -0.3 is 10.5 Å². The first-order chi connectivity index (χ1) is 7.13. The van der Waals surface area contributed by atoms with Gasteiger partial charge in [0.15, 0.2) is 0 Å². The van der Waals surface area contributed by atoms with Crippen LogP contribution in [0.4, 0.5) is 0 Å². The van der Waals surface area contributed by atoms with Crippen LogP contribution in [0, 0.1) is 0 Å². The molecule has 0 fully saturated rings. The summed E-state index contributed by atoms with van der Waals surface area (Å²) in [6, 6.07) is 3.91. The van der Waals surface area contributed by atoms with Crippen molar-refractivity contribution < 1.29 is 4.74 Å². The highest BCUT2D eigenvalue weighted by molar-refractivity contribution is 7.17. The molecule has 0 aliphatic rings. The van der Waals surface area contributed by atoms with Gasteiger partial charge in [-0.3, -0.25) is 0 Å². The largest absolute Gasteiger partial charge is 0.495 e. The van der Waals surface area contributed by atoms with E-state index in [4.69, 9.17) is 22.1 Å². The Morgan fingerprint density at radius 3 is 2.80 bits per heavy atom. The number of thiophene rings is 1. The third-order valence-electron chi connectivity index (χ3n) is 2.37. The van der Waals surface area contributed by atoms with Crippen molar-refractivity contribution in [3.8, 4) is 5.75 Å². The second-order valence-electron chi connectivity index (χ2n) is 3.46. The molecule has 2 N–H and O–H groups in total. The van der Waals surface area contributed by atoms with Crippen molar-refractivity contribution in [1.82, 2.24) is 0 Å². The van der Waals surface area contributed by atoms with Crippen molar-refractivity contribution in [2.75, 3.05) is 7.11 Å². The van der Waals surface area contributed by atoms with Crippen molar-refractivity contribution in [3.63, 3.8) is 0 Å². The number of hydrogen-bond donors (Lipinski definition) is 1. The minimum atomic E-state index is 0.0321. The van der Waals surface area contributed by atoms with Gasteiger partial charge in [-0.05, 0) is 30.0 Å². The Morgan fingerprint density at radius 1 is 1.47 bits per heavy atom. The van der Waals surface area contributed by atoms with Crippen LogP contribution in [0.5, 0.6) is 5.75 Å². The fourth-order valence-electron chi connectivity index (χ4n) is 1.56. The van der Waals surface area contributed by atoms with Crippen LogP contribution in [0.2, 0.25) is 5.02 Å². The summed E-state index contributed by atoms with van der Waals surface area (Å²) in [5.41, 5.74) is 7.03. The Hall–Kier alpha value is -0.770. The zero-order chi connectivity index (χ0) is 11.0. The first kappa shape index (κ1) is 10.7. The van der Waals surface area contributed by atoms with Gasteiger partial charge in [0.2, 0.25) is 0 Å². The lowest BCUT2D eigenvalue weighted by Gasteiger charge is -2.06. The predicted molar refractivity (Wildman–Crippen MR) is 66.0 cm³/mol. The lowest BCUT2D eigenvalue weighted by atomic mass is 10.1. The van der Waals surface area contributed by atoms with Gasteiger partial charge in [-0.1, -0.05) is 11.6 Å². The van der Waals surface area contributed by atoms with Gasteiger partial charge in [0, 0.05) is 16.1 Å². The zero-order valence-corrected chi connectivity index (χ0v) is 10.2. The molecule has 0 saturated heterocycles. The summed E-state index contributed by atoms with van der Waals surface area (Å²) in [4.78, 5) is 0. The molecule has 2 nitrogen and oxygen atoms in total. The molecule has 4 heteroatoms. The van der Waals surface area contributed by atoms with Crippen molar-refractivity contribution in [1.29, 1.82) is 0 Å². The Labute approximate surface area is 97.6 Å². The third-order valence-corrected chi connectivity index (χ3v) is 3.63. The Morgan fingerprint density at radius 2 is 2.20 bits per heavy atom. The number of rotatable bonds is 2. The number of benzene rings is 1.